The summed E-state index contributed by atoms with van der Waals surface area (Å²) in [6.07, 6.45) is 1.95. The molecule has 3 aromatic rings. The highest BCUT2D eigenvalue weighted by Crippen LogP contribution is 2.23. The van der Waals surface area contributed by atoms with E-state index in [0.29, 0.717) is 17.6 Å². The van der Waals surface area contributed by atoms with E-state index in [1.807, 2.05) is 16.6 Å². The summed E-state index contributed by atoms with van der Waals surface area (Å²) in [5.74, 6) is 0.965. The Bertz CT molecular complexity index is 1050. The van der Waals surface area contributed by atoms with E-state index in [-0.39, 0.29) is 12.2 Å². The van der Waals surface area contributed by atoms with Crippen molar-refractivity contribution in [3.05, 3.63) is 59.4 Å². The first-order valence-electron chi connectivity index (χ1n) is 10.4. The van der Waals surface area contributed by atoms with Crippen molar-refractivity contribution in [1.29, 1.82) is 0 Å². The number of benzene rings is 1. The number of nitrogens with one attached hydrogen (secondary N) is 1. The lowest BCUT2D eigenvalue weighted by atomic mass is 9.96. The molecule has 1 aliphatic heterocycles. The second-order valence-electron chi connectivity index (χ2n) is 8.75. The normalized spacial score (nSPS) is 20.0. The van der Waals surface area contributed by atoms with E-state index in [4.69, 9.17) is 0 Å². The second kappa shape index (κ2) is 7.81. The van der Waals surface area contributed by atoms with Crippen molar-refractivity contribution in [2.24, 2.45) is 0 Å². The van der Waals surface area contributed by atoms with Gasteiger partial charge in [0, 0.05) is 42.9 Å². The Labute approximate surface area is 176 Å². The van der Waals surface area contributed by atoms with Crippen LogP contribution in [0, 0.1) is 0 Å². The van der Waals surface area contributed by atoms with Crippen molar-refractivity contribution in [2.45, 2.75) is 51.8 Å². The topological polar surface area (TPSA) is 82.8 Å². The minimum Gasteiger partial charge on any atom is -0.386 e. The summed E-state index contributed by atoms with van der Waals surface area (Å²) >= 11 is 0. The Morgan fingerprint density at radius 1 is 1.23 bits per heavy atom. The zero-order valence-electron chi connectivity index (χ0n) is 18.0. The SMILES string of the molecule is CC1CN(c2cc(CC(=O)c3ccc(C(C)(C)O)cc3)nc3ccnn23)C(C)CN1. The van der Waals surface area contributed by atoms with Gasteiger partial charge in [0.05, 0.1) is 23.9 Å². The molecule has 1 saturated heterocycles. The molecule has 2 N–H and O–H groups in total. The van der Waals surface area contributed by atoms with Crippen LogP contribution in [0.5, 0.6) is 0 Å². The number of Topliss-reactive ketones (excluding diaryl/α,β-unsaturated/α-hetero) is 1. The van der Waals surface area contributed by atoms with Crippen LogP contribution in [0.1, 0.15) is 49.3 Å². The van der Waals surface area contributed by atoms with Crippen molar-refractivity contribution < 1.29 is 9.90 Å². The smallest absolute Gasteiger partial charge is 0.168 e. The predicted molar refractivity (Wildman–Crippen MR) is 117 cm³/mol. The fraction of sp³-hybridized carbons (Fsp3) is 0.435. The maximum absolute atomic E-state index is 12.9. The average Bonchev–Trinajstić information content (AvgIpc) is 3.17. The summed E-state index contributed by atoms with van der Waals surface area (Å²) in [7, 11) is 0. The van der Waals surface area contributed by atoms with Gasteiger partial charge in [-0.3, -0.25) is 4.79 Å². The van der Waals surface area contributed by atoms with E-state index >= 15 is 0 Å². The summed E-state index contributed by atoms with van der Waals surface area (Å²) in [6, 6.07) is 11.7. The minimum atomic E-state index is -0.928. The van der Waals surface area contributed by atoms with Crippen LogP contribution >= 0.6 is 0 Å². The van der Waals surface area contributed by atoms with Gasteiger partial charge < -0.3 is 15.3 Å². The number of carbonyl (C=O) groups excluding carboxylic acids is 1. The number of fused-ring (bicyclic) bond motifs is 1. The molecule has 0 saturated carbocycles. The summed E-state index contributed by atoms with van der Waals surface area (Å²) in [4.78, 5) is 19.9. The van der Waals surface area contributed by atoms with Crippen LogP contribution < -0.4 is 10.2 Å². The van der Waals surface area contributed by atoms with Gasteiger partial charge in [0.2, 0.25) is 0 Å². The quantitative estimate of drug-likeness (QED) is 0.633. The molecule has 4 rings (SSSR count). The first kappa shape index (κ1) is 20.5. The number of hydrogen-bond donors (Lipinski definition) is 2. The second-order valence-corrected chi connectivity index (χ2v) is 8.75. The van der Waals surface area contributed by atoms with Gasteiger partial charge in [0.1, 0.15) is 5.82 Å². The maximum atomic E-state index is 12.9. The number of carbonyl (C=O) groups is 1. The van der Waals surface area contributed by atoms with E-state index in [0.717, 1.165) is 35.8 Å². The van der Waals surface area contributed by atoms with Gasteiger partial charge in [0.25, 0.3) is 0 Å². The van der Waals surface area contributed by atoms with Crippen molar-refractivity contribution in [3.8, 4) is 0 Å². The van der Waals surface area contributed by atoms with Crippen molar-refractivity contribution in [3.63, 3.8) is 0 Å². The predicted octanol–water partition coefficient (Wildman–Crippen LogP) is 2.57. The molecule has 2 unspecified atom stereocenters. The van der Waals surface area contributed by atoms with Gasteiger partial charge in [-0.25, -0.2) is 4.98 Å². The van der Waals surface area contributed by atoms with Crippen LogP contribution in [-0.2, 0) is 12.0 Å². The van der Waals surface area contributed by atoms with Gasteiger partial charge >= 0.3 is 0 Å². The molecular weight excluding hydrogens is 378 g/mol. The molecule has 0 spiro atoms. The number of hydrogen-bond acceptors (Lipinski definition) is 6. The fourth-order valence-electron chi connectivity index (χ4n) is 3.91. The minimum absolute atomic E-state index is 0.00124. The van der Waals surface area contributed by atoms with Crippen LogP contribution in [-0.4, -0.2) is 50.7 Å². The Balaban J connectivity index is 1.62. The number of aromatic nitrogens is 3. The Morgan fingerprint density at radius 3 is 2.67 bits per heavy atom. The summed E-state index contributed by atoms with van der Waals surface area (Å²) in [6.45, 7) is 9.58. The van der Waals surface area contributed by atoms with Crippen LogP contribution in [0.2, 0.25) is 0 Å². The molecule has 7 nitrogen and oxygen atoms in total. The molecule has 2 atom stereocenters. The molecule has 158 valence electrons. The van der Waals surface area contributed by atoms with E-state index in [9.17, 15) is 9.90 Å². The third kappa shape index (κ3) is 4.08. The molecule has 1 fully saturated rings. The number of aliphatic hydroxyl groups is 1. The van der Waals surface area contributed by atoms with Crippen molar-refractivity contribution >= 4 is 17.2 Å². The van der Waals surface area contributed by atoms with Crippen LogP contribution in [0.25, 0.3) is 5.65 Å². The fourth-order valence-corrected chi connectivity index (χ4v) is 3.91. The highest BCUT2D eigenvalue weighted by molar-refractivity contribution is 5.97. The number of nitrogens with zero attached hydrogens (tertiary/aromatic N) is 4. The molecule has 0 bridgehead atoms. The van der Waals surface area contributed by atoms with Crippen molar-refractivity contribution in [2.75, 3.05) is 18.0 Å². The van der Waals surface area contributed by atoms with E-state index in [2.05, 4.69) is 34.1 Å². The van der Waals surface area contributed by atoms with Crippen LogP contribution in [0.3, 0.4) is 0 Å². The van der Waals surface area contributed by atoms with E-state index in [1.165, 1.54) is 0 Å². The zero-order valence-corrected chi connectivity index (χ0v) is 18.0. The molecular formula is C23H29N5O2. The first-order chi connectivity index (χ1) is 14.2. The van der Waals surface area contributed by atoms with Gasteiger partial charge in [-0.2, -0.15) is 9.61 Å². The van der Waals surface area contributed by atoms with E-state index < -0.39 is 5.60 Å². The van der Waals surface area contributed by atoms with Crippen LogP contribution in [0.4, 0.5) is 5.82 Å². The summed E-state index contributed by atoms with van der Waals surface area (Å²) in [5.41, 5.74) is 1.94. The molecule has 7 heteroatoms. The molecule has 2 aromatic heterocycles. The molecule has 0 amide bonds. The third-order valence-corrected chi connectivity index (χ3v) is 5.71. The van der Waals surface area contributed by atoms with Gasteiger partial charge in [0.15, 0.2) is 11.4 Å². The Kier molecular flexibility index (Phi) is 5.34. The first-order valence-corrected chi connectivity index (χ1v) is 10.4. The number of rotatable bonds is 5. The third-order valence-electron chi connectivity index (χ3n) is 5.71. The number of ketones is 1. The largest absolute Gasteiger partial charge is 0.386 e. The van der Waals surface area contributed by atoms with Crippen LogP contribution in [0.15, 0.2) is 42.6 Å². The molecule has 0 aliphatic carbocycles. The van der Waals surface area contributed by atoms with E-state index in [1.54, 1.807) is 44.3 Å². The molecule has 0 radical (unpaired) electrons. The zero-order chi connectivity index (χ0) is 21.5. The summed E-state index contributed by atoms with van der Waals surface area (Å²) in [5, 5.41) is 18.1. The van der Waals surface area contributed by atoms with Gasteiger partial charge in [-0.05, 0) is 33.3 Å². The standard InChI is InChI=1S/C23H29N5O2/c1-15-14-27(16(2)13-24-15)22-12-19(26-21-9-10-25-28(21)22)11-20(29)17-5-7-18(8-6-17)23(3,4)30/h5-10,12,15-16,24,30H,11,13-14H2,1-4H3. The highest BCUT2D eigenvalue weighted by atomic mass is 16.3. The average molecular weight is 408 g/mol. The lowest BCUT2D eigenvalue weighted by molar-refractivity contribution is 0.0784. The molecule has 3 heterocycles. The Hall–Kier alpha value is -2.77. The van der Waals surface area contributed by atoms with Gasteiger partial charge in [-0.15, -0.1) is 0 Å². The Morgan fingerprint density at radius 2 is 1.97 bits per heavy atom. The lowest BCUT2D eigenvalue weighted by Crippen LogP contribution is -2.55. The summed E-state index contributed by atoms with van der Waals surface area (Å²) < 4.78 is 1.85. The maximum Gasteiger partial charge on any atom is 0.168 e. The number of piperazine rings is 1. The molecule has 1 aromatic carbocycles. The highest BCUT2D eigenvalue weighted by Gasteiger charge is 2.25. The van der Waals surface area contributed by atoms with Gasteiger partial charge in [-0.1, -0.05) is 24.3 Å². The number of anilines is 1. The molecule has 30 heavy (non-hydrogen) atoms. The van der Waals surface area contributed by atoms with Crippen molar-refractivity contribution in [1.82, 2.24) is 19.9 Å². The molecule has 1 aliphatic rings. The lowest BCUT2D eigenvalue weighted by Gasteiger charge is -2.39. The monoisotopic (exact) mass is 407 g/mol.